The molecule has 0 N–H and O–H groups in total. The maximum atomic E-state index is 14.3. The molecule has 3 aromatic rings. The molecule has 0 spiro atoms. The summed E-state index contributed by atoms with van der Waals surface area (Å²) in [7, 11) is 0. The van der Waals surface area contributed by atoms with Crippen LogP contribution in [-0.2, 0) is 0 Å². The number of carbonyl (C=O) groups is 1. The zero-order chi connectivity index (χ0) is 23.8. The predicted molar refractivity (Wildman–Crippen MR) is 117 cm³/mol. The molecule has 1 saturated heterocycles. The second-order valence-electron chi connectivity index (χ2n) is 8.08. The van der Waals surface area contributed by atoms with E-state index in [0.29, 0.717) is 44.1 Å². The molecule has 0 aliphatic carbocycles. The fraction of sp³-hybridized carbons (Fsp3) is 0.318. The molecule has 1 atom stereocenters. The number of piperazine rings is 1. The zero-order valence-electron chi connectivity index (χ0n) is 18.3. The standard InChI is InChI=1S/C22H21F3N8O/c1-14-2-4-27-32(14)20-18(25)13-26-21(29-20)30-6-8-31(9-7-30)22(34)33-19(3-5-28-33)15-10-16(23)12-17(24)11-15/h2,4-5,10-13,19H,3,6-9H2,1H3/t19-/m0/s1. The van der Waals surface area contributed by atoms with Gasteiger partial charge in [-0.15, -0.1) is 0 Å². The van der Waals surface area contributed by atoms with E-state index in [0.717, 1.165) is 18.0 Å². The van der Waals surface area contributed by atoms with Crippen molar-refractivity contribution >= 4 is 18.2 Å². The summed E-state index contributed by atoms with van der Waals surface area (Å²) in [5.41, 5.74) is 1.08. The van der Waals surface area contributed by atoms with Gasteiger partial charge in [-0.2, -0.15) is 15.2 Å². The average Bonchev–Trinajstić information content (AvgIpc) is 3.48. The van der Waals surface area contributed by atoms with Gasteiger partial charge in [0.25, 0.3) is 0 Å². The normalized spacial score (nSPS) is 18.1. The first-order chi connectivity index (χ1) is 16.4. The fourth-order valence-corrected chi connectivity index (χ4v) is 4.13. The van der Waals surface area contributed by atoms with E-state index in [1.807, 2.05) is 4.90 Å². The van der Waals surface area contributed by atoms with E-state index in [1.54, 1.807) is 30.3 Å². The van der Waals surface area contributed by atoms with Gasteiger partial charge in [-0.05, 0) is 30.7 Å². The Hall–Kier alpha value is -3.96. The maximum Gasteiger partial charge on any atom is 0.341 e. The average molecular weight is 470 g/mol. The lowest BCUT2D eigenvalue weighted by atomic mass is 10.0. The highest BCUT2D eigenvalue weighted by Crippen LogP contribution is 2.30. The number of nitrogens with zero attached hydrogens (tertiary/aromatic N) is 8. The summed E-state index contributed by atoms with van der Waals surface area (Å²) in [6.45, 7) is 3.35. The van der Waals surface area contributed by atoms with Crippen LogP contribution in [0.1, 0.15) is 23.7 Å². The Morgan fingerprint density at radius 1 is 1.06 bits per heavy atom. The van der Waals surface area contributed by atoms with E-state index < -0.39 is 23.5 Å². The number of aromatic nitrogens is 4. The van der Waals surface area contributed by atoms with E-state index in [9.17, 15) is 18.0 Å². The van der Waals surface area contributed by atoms with Crippen molar-refractivity contribution in [1.29, 1.82) is 0 Å². The van der Waals surface area contributed by atoms with Crippen molar-refractivity contribution in [2.24, 2.45) is 5.10 Å². The topological polar surface area (TPSA) is 82.8 Å². The Bertz CT molecular complexity index is 1230. The number of halogens is 3. The van der Waals surface area contributed by atoms with E-state index in [2.05, 4.69) is 20.2 Å². The van der Waals surface area contributed by atoms with Crippen LogP contribution >= 0.6 is 0 Å². The van der Waals surface area contributed by atoms with Crippen molar-refractivity contribution < 1.29 is 18.0 Å². The number of aryl methyl sites for hydroxylation is 1. The summed E-state index contributed by atoms with van der Waals surface area (Å²) >= 11 is 0. The number of hydrazone groups is 1. The van der Waals surface area contributed by atoms with Gasteiger partial charge in [0.15, 0.2) is 11.6 Å². The monoisotopic (exact) mass is 470 g/mol. The van der Waals surface area contributed by atoms with E-state index in [-0.39, 0.29) is 11.8 Å². The summed E-state index contributed by atoms with van der Waals surface area (Å²) in [6, 6.07) is 4.04. The number of carbonyl (C=O) groups excluding carboxylic acids is 1. The molecule has 12 heteroatoms. The van der Waals surface area contributed by atoms with Crippen LogP contribution in [0.5, 0.6) is 0 Å². The van der Waals surface area contributed by atoms with Gasteiger partial charge >= 0.3 is 6.03 Å². The molecule has 176 valence electrons. The van der Waals surface area contributed by atoms with Gasteiger partial charge in [0.1, 0.15) is 11.6 Å². The Morgan fingerprint density at radius 2 is 1.79 bits per heavy atom. The largest absolute Gasteiger partial charge is 0.341 e. The Kier molecular flexibility index (Phi) is 5.64. The number of hydrogen-bond acceptors (Lipinski definition) is 6. The molecule has 5 rings (SSSR count). The molecule has 34 heavy (non-hydrogen) atoms. The van der Waals surface area contributed by atoms with Crippen LogP contribution in [-0.4, -0.2) is 68.1 Å². The highest BCUT2D eigenvalue weighted by atomic mass is 19.1. The van der Waals surface area contributed by atoms with Crippen LogP contribution in [0.3, 0.4) is 0 Å². The van der Waals surface area contributed by atoms with Crippen molar-refractivity contribution in [3.63, 3.8) is 0 Å². The highest BCUT2D eigenvalue weighted by Gasteiger charge is 2.34. The number of rotatable bonds is 3. The SMILES string of the molecule is Cc1ccnn1-c1nc(N2CCN(C(=O)N3N=CC[C@H]3c3cc(F)cc(F)c3)CC2)ncc1F. The molecule has 0 bridgehead atoms. The van der Waals surface area contributed by atoms with Crippen LogP contribution in [0.15, 0.2) is 41.8 Å². The summed E-state index contributed by atoms with van der Waals surface area (Å²) in [6.07, 6.45) is 4.60. The summed E-state index contributed by atoms with van der Waals surface area (Å²) < 4.78 is 43.1. The van der Waals surface area contributed by atoms with Crippen molar-refractivity contribution in [2.75, 3.05) is 31.1 Å². The quantitative estimate of drug-likeness (QED) is 0.588. The van der Waals surface area contributed by atoms with Gasteiger partial charge in [-0.25, -0.2) is 32.6 Å². The molecular formula is C22H21F3N8O. The molecular weight excluding hydrogens is 449 g/mol. The van der Waals surface area contributed by atoms with Crippen molar-refractivity contribution in [3.8, 4) is 5.82 Å². The Morgan fingerprint density at radius 3 is 2.47 bits per heavy atom. The van der Waals surface area contributed by atoms with Crippen LogP contribution < -0.4 is 4.90 Å². The minimum atomic E-state index is -0.702. The Labute approximate surface area is 193 Å². The van der Waals surface area contributed by atoms with E-state index in [4.69, 9.17) is 0 Å². The molecule has 0 radical (unpaired) electrons. The highest BCUT2D eigenvalue weighted by molar-refractivity contribution is 5.78. The fourth-order valence-electron chi connectivity index (χ4n) is 4.13. The lowest BCUT2D eigenvalue weighted by Crippen LogP contribution is -2.52. The van der Waals surface area contributed by atoms with Gasteiger partial charge in [-0.3, -0.25) is 0 Å². The third-order valence-corrected chi connectivity index (χ3v) is 5.87. The summed E-state index contributed by atoms with van der Waals surface area (Å²) in [4.78, 5) is 25.1. The van der Waals surface area contributed by atoms with Gasteiger partial charge in [-0.1, -0.05) is 0 Å². The molecule has 4 heterocycles. The van der Waals surface area contributed by atoms with Gasteiger partial charge in [0, 0.05) is 56.8 Å². The Balaban J connectivity index is 1.28. The predicted octanol–water partition coefficient (Wildman–Crippen LogP) is 3.06. The second kappa shape index (κ2) is 8.76. The minimum absolute atomic E-state index is 0.0579. The van der Waals surface area contributed by atoms with Crippen LogP contribution in [0.2, 0.25) is 0 Å². The number of amides is 2. The smallest absolute Gasteiger partial charge is 0.337 e. The third kappa shape index (κ3) is 4.06. The molecule has 9 nitrogen and oxygen atoms in total. The van der Waals surface area contributed by atoms with Crippen LogP contribution in [0.4, 0.5) is 23.9 Å². The molecule has 2 aliphatic rings. The number of hydrogen-bond donors (Lipinski definition) is 0. The maximum absolute atomic E-state index is 14.3. The molecule has 1 aromatic carbocycles. The lowest BCUT2D eigenvalue weighted by Gasteiger charge is -2.37. The minimum Gasteiger partial charge on any atom is -0.337 e. The van der Waals surface area contributed by atoms with Crippen LogP contribution in [0, 0.1) is 24.4 Å². The van der Waals surface area contributed by atoms with Crippen LogP contribution in [0.25, 0.3) is 5.82 Å². The van der Waals surface area contributed by atoms with E-state index >= 15 is 0 Å². The number of anilines is 1. The number of benzene rings is 1. The molecule has 1 fully saturated rings. The molecule has 0 saturated carbocycles. The second-order valence-corrected chi connectivity index (χ2v) is 8.08. The first-order valence-electron chi connectivity index (χ1n) is 10.8. The van der Waals surface area contributed by atoms with Gasteiger partial charge < -0.3 is 9.80 Å². The molecule has 2 aliphatic heterocycles. The summed E-state index contributed by atoms with van der Waals surface area (Å²) in [5, 5.41) is 9.51. The summed E-state index contributed by atoms with van der Waals surface area (Å²) in [5.74, 6) is -1.59. The van der Waals surface area contributed by atoms with Crippen molar-refractivity contribution in [1.82, 2.24) is 29.7 Å². The zero-order valence-corrected chi connectivity index (χ0v) is 18.3. The van der Waals surface area contributed by atoms with Crippen molar-refractivity contribution in [2.45, 2.75) is 19.4 Å². The first-order valence-corrected chi connectivity index (χ1v) is 10.8. The third-order valence-electron chi connectivity index (χ3n) is 5.87. The molecule has 2 amide bonds. The first kappa shape index (κ1) is 21.9. The molecule has 0 unspecified atom stereocenters. The van der Waals surface area contributed by atoms with Gasteiger partial charge in [0.05, 0.1) is 12.2 Å². The molecule has 2 aromatic heterocycles. The lowest BCUT2D eigenvalue weighted by molar-refractivity contribution is 0.139. The van der Waals surface area contributed by atoms with Crippen molar-refractivity contribution in [3.05, 3.63) is 65.4 Å². The van der Waals surface area contributed by atoms with E-state index in [1.165, 1.54) is 21.8 Å². The van der Waals surface area contributed by atoms with Gasteiger partial charge in [0.2, 0.25) is 5.95 Å². The number of urea groups is 1.